The molecule has 21 heavy (non-hydrogen) atoms. The minimum absolute atomic E-state index is 0.0481. The molecule has 1 aliphatic heterocycles. The lowest BCUT2D eigenvalue weighted by Crippen LogP contribution is -2.34. The molecule has 3 rings (SSSR count). The van der Waals surface area contributed by atoms with Gasteiger partial charge in [0.15, 0.2) is 0 Å². The topological polar surface area (TPSA) is 46.3 Å². The van der Waals surface area contributed by atoms with Crippen LogP contribution in [0.3, 0.4) is 0 Å². The Labute approximate surface area is 124 Å². The van der Waals surface area contributed by atoms with Gasteiger partial charge in [-0.3, -0.25) is 4.79 Å². The molecule has 0 spiro atoms. The molecule has 0 bridgehead atoms. The Morgan fingerprint density at radius 2 is 1.90 bits per heavy atom. The van der Waals surface area contributed by atoms with E-state index in [-0.39, 0.29) is 5.91 Å². The van der Waals surface area contributed by atoms with Crippen molar-refractivity contribution >= 4 is 17.7 Å². The largest absolute Gasteiger partial charge is 0.399 e. The third kappa shape index (κ3) is 3.14. The van der Waals surface area contributed by atoms with Crippen LogP contribution in [-0.2, 0) is 17.8 Å². The Bertz CT molecular complexity index is 691. The highest BCUT2D eigenvalue weighted by molar-refractivity contribution is 5.92. The standard InChI is InChI=1S/C18H18N2O/c19-17-7-3-4-14(12-17)8-9-18(21)20-11-10-15-5-1-2-6-16(15)13-20/h1-9,12H,10-11,13,19H2/b9-8+. The minimum atomic E-state index is 0.0481. The second kappa shape index (κ2) is 5.83. The fourth-order valence-corrected chi connectivity index (χ4v) is 2.62. The number of hydrogen-bond donors (Lipinski definition) is 1. The van der Waals surface area contributed by atoms with E-state index in [1.54, 1.807) is 6.08 Å². The molecule has 0 radical (unpaired) electrons. The number of nitrogens with two attached hydrogens (primary N) is 1. The van der Waals surface area contributed by atoms with E-state index in [0.717, 1.165) is 18.5 Å². The zero-order chi connectivity index (χ0) is 14.7. The number of rotatable bonds is 2. The van der Waals surface area contributed by atoms with Gasteiger partial charge >= 0.3 is 0 Å². The molecule has 0 unspecified atom stereocenters. The summed E-state index contributed by atoms with van der Waals surface area (Å²) in [6.45, 7) is 1.47. The molecule has 1 aliphatic rings. The average Bonchev–Trinajstić information content (AvgIpc) is 2.52. The molecule has 0 fully saturated rings. The number of carbonyl (C=O) groups is 1. The van der Waals surface area contributed by atoms with E-state index in [9.17, 15) is 4.79 Å². The van der Waals surface area contributed by atoms with Crippen molar-refractivity contribution in [1.29, 1.82) is 0 Å². The first-order chi connectivity index (χ1) is 10.2. The smallest absolute Gasteiger partial charge is 0.246 e. The molecule has 2 aromatic carbocycles. The van der Waals surface area contributed by atoms with Crippen LogP contribution < -0.4 is 5.73 Å². The Balaban J connectivity index is 1.69. The van der Waals surface area contributed by atoms with E-state index in [1.165, 1.54) is 11.1 Å². The van der Waals surface area contributed by atoms with Gasteiger partial charge in [-0.25, -0.2) is 0 Å². The zero-order valence-corrected chi connectivity index (χ0v) is 11.8. The molecule has 2 aromatic rings. The highest BCUT2D eigenvalue weighted by Crippen LogP contribution is 2.19. The first kappa shape index (κ1) is 13.4. The Kier molecular flexibility index (Phi) is 3.73. The summed E-state index contributed by atoms with van der Waals surface area (Å²) in [4.78, 5) is 14.2. The van der Waals surface area contributed by atoms with Crippen molar-refractivity contribution in [1.82, 2.24) is 4.90 Å². The lowest BCUT2D eigenvalue weighted by atomic mass is 10.00. The maximum absolute atomic E-state index is 12.3. The van der Waals surface area contributed by atoms with Crippen molar-refractivity contribution < 1.29 is 4.79 Å². The molecular weight excluding hydrogens is 260 g/mol. The second-order valence-corrected chi connectivity index (χ2v) is 5.28. The van der Waals surface area contributed by atoms with Crippen LogP contribution >= 0.6 is 0 Å². The first-order valence-electron chi connectivity index (χ1n) is 7.12. The lowest BCUT2D eigenvalue weighted by Gasteiger charge is -2.27. The van der Waals surface area contributed by atoms with E-state index in [2.05, 4.69) is 18.2 Å². The molecule has 1 amide bonds. The van der Waals surface area contributed by atoms with E-state index in [4.69, 9.17) is 5.73 Å². The van der Waals surface area contributed by atoms with Crippen molar-refractivity contribution in [2.45, 2.75) is 13.0 Å². The lowest BCUT2D eigenvalue weighted by molar-refractivity contribution is -0.126. The van der Waals surface area contributed by atoms with Gasteiger partial charge in [-0.15, -0.1) is 0 Å². The van der Waals surface area contributed by atoms with Crippen LogP contribution in [-0.4, -0.2) is 17.4 Å². The number of amides is 1. The summed E-state index contributed by atoms with van der Waals surface area (Å²) >= 11 is 0. The monoisotopic (exact) mass is 278 g/mol. The van der Waals surface area contributed by atoms with E-state index in [0.29, 0.717) is 12.2 Å². The number of hydrogen-bond acceptors (Lipinski definition) is 2. The normalized spacial score (nSPS) is 14.2. The van der Waals surface area contributed by atoms with Crippen LogP contribution in [0.5, 0.6) is 0 Å². The highest BCUT2D eigenvalue weighted by Gasteiger charge is 2.18. The van der Waals surface area contributed by atoms with Crippen LogP contribution in [0.15, 0.2) is 54.6 Å². The van der Waals surface area contributed by atoms with Gasteiger partial charge in [0.05, 0.1) is 0 Å². The van der Waals surface area contributed by atoms with Gasteiger partial charge in [0.25, 0.3) is 0 Å². The first-order valence-corrected chi connectivity index (χ1v) is 7.12. The Hall–Kier alpha value is -2.55. The molecule has 0 saturated heterocycles. The number of nitrogens with zero attached hydrogens (tertiary/aromatic N) is 1. The van der Waals surface area contributed by atoms with Gasteiger partial charge in [0.1, 0.15) is 0 Å². The zero-order valence-electron chi connectivity index (χ0n) is 11.8. The van der Waals surface area contributed by atoms with Gasteiger partial charge < -0.3 is 10.6 Å². The van der Waals surface area contributed by atoms with E-state index in [1.807, 2.05) is 41.3 Å². The maximum Gasteiger partial charge on any atom is 0.246 e. The van der Waals surface area contributed by atoms with Crippen molar-refractivity contribution in [3.63, 3.8) is 0 Å². The van der Waals surface area contributed by atoms with E-state index < -0.39 is 0 Å². The van der Waals surface area contributed by atoms with Gasteiger partial charge in [0.2, 0.25) is 5.91 Å². The number of nitrogen functional groups attached to an aromatic ring is 1. The van der Waals surface area contributed by atoms with Crippen LogP contribution in [0.2, 0.25) is 0 Å². The third-order valence-corrected chi connectivity index (χ3v) is 3.77. The average molecular weight is 278 g/mol. The predicted molar refractivity (Wildman–Crippen MR) is 85.5 cm³/mol. The maximum atomic E-state index is 12.3. The van der Waals surface area contributed by atoms with E-state index >= 15 is 0 Å². The van der Waals surface area contributed by atoms with Gasteiger partial charge in [0, 0.05) is 24.9 Å². The minimum Gasteiger partial charge on any atom is -0.399 e. The van der Waals surface area contributed by atoms with Crippen LogP contribution in [0, 0.1) is 0 Å². The molecule has 0 aromatic heterocycles. The van der Waals surface area contributed by atoms with Crippen LogP contribution in [0.25, 0.3) is 6.08 Å². The number of carbonyl (C=O) groups excluding carboxylic acids is 1. The van der Waals surface area contributed by atoms with Gasteiger partial charge in [-0.05, 0) is 41.3 Å². The fraction of sp³-hybridized carbons (Fsp3) is 0.167. The van der Waals surface area contributed by atoms with Crippen molar-refractivity contribution in [2.24, 2.45) is 0 Å². The summed E-state index contributed by atoms with van der Waals surface area (Å²) in [6.07, 6.45) is 4.37. The summed E-state index contributed by atoms with van der Waals surface area (Å²) in [6, 6.07) is 15.8. The summed E-state index contributed by atoms with van der Waals surface area (Å²) in [5.41, 5.74) is 9.98. The molecule has 0 aliphatic carbocycles. The predicted octanol–water partition coefficient (Wildman–Crippen LogP) is 2.87. The third-order valence-electron chi connectivity index (χ3n) is 3.77. The Morgan fingerprint density at radius 3 is 2.71 bits per heavy atom. The number of anilines is 1. The molecule has 1 heterocycles. The van der Waals surface area contributed by atoms with Crippen LogP contribution in [0.1, 0.15) is 16.7 Å². The van der Waals surface area contributed by atoms with Gasteiger partial charge in [-0.1, -0.05) is 36.4 Å². The molecule has 3 heteroatoms. The molecule has 106 valence electrons. The number of benzene rings is 2. The molecule has 0 saturated carbocycles. The second-order valence-electron chi connectivity index (χ2n) is 5.28. The summed E-state index contributed by atoms with van der Waals surface area (Å²) in [5, 5.41) is 0. The molecular formula is C18H18N2O. The van der Waals surface area contributed by atoms with Gasteiger partial charge in [-0.2, -0.15) is 0 Å². The Morgan fingerprint density at radius 1 is 1.10 bits per heavy atom. The van der Waals surface area contributed by atoms with Crippen molar-refractivity contribution in [3.8, 4) is 0 Å². The SMILES string of the molecule is Nc1cccc(/C=C/C(=O)N2CCc3ccccc3C2)c1. The van der Waals surface area contributed by atoms with Crippen molar-refractivity contribution in [3.05, 3.63) is 71.3 Å². The summed E-state index contributed by atoms with van der Waals surface area (Å²) in [5.74, 6) is 0.0481. The highest BCUT2D eigenvalue weighted by atomic mass is 16.2. The van der Waals surface area contributed by atoms with Crippen molar-refractivity contribution in [2.75, 3.05) is 12.3 Å². The molecule has 0 atom stereocenters. The fourth-order valence-electron chi connectivity index (χ4n) is 2.62. The van der Waals surface area contributed by atoms with Crippen LogP contribution in [0.4, 0.5) is 5.69 Å². The number of fused-ring (bicyclic) bond motifs is 1. The summed E-state index contributed by atoms with van der Waals surface area (Å²) in [7, 11) is 0. The molecule has 2 N–H and O–H groups in total. The quantitative estimate of drug-likeness (QED) is 0.678. The molecule has 3 nitrogen and oxygen atoms in total. The summed E-state index contributed by atoms with van der Waals surface area (Å²) < 4.78 is 0.